The smallest absolute Gasteiger partial charge is 0.306 e. The first-order chi connectivity index (χ1) is 29.0. The Bertz CT molecular complexity index is 1160. The summed E-state index contributed by atoms with van der Waals surface area (Å²) in [5, 5.41) is 0. The second-order valence-electron chi connectivity index (χ2n) is 17.5. The van der Waals surface area contributed by atoms with Gasteiger partial charge in [0.2, 0.25) is 0 Å². The first-order valence-corrected chi connectivity index (χ1v) is 25.8. The molecule has 0 bridgehead atoms. The molecule has 350 valence electrons. The maximum atomic E-state index is 12.7. The Labute approximate surface area is 369 Å². The molecule has 0 saturated carbocycles. The molecule has 0 fully saturated rings. The molecule has 0 aliphatic rings. The summed E-state index contributed by atoms with van der Waals surface area (Å²) in [6, 6.07) is 0. The largest absolute Gasteiger partial charge is 0.756 e. The maximum Gasteiger partial charge on any atom is 0.306 e. The Morgan fingerprint density at radius 3 is 1.38 bits per heavy atom. The van der Waals surface area contributed by atoms with Crippen molar-refractivity contribution in [3.8, 4) is 0 Å². The van der Waals surface area contributed by atoms with Crippen LogP contribution in [0.4, 0.5) is 0 Å². The summed E-state index contributed by atoms with van der Waals surface area (Å²) in [7, 11) is 1.15. The third kappa shape index (κ3) is 45.5. The zero-order chi connectivity index (χ0) is 44.3. The molecular weight excluding hydrogens is 774 g/mol. The van der Waals surface area contributed by atoms with Crippen molar-refractivity contribution in [2.75, 3.05) is 47.5 Å². The van der Waals surface area contributed by atoms with Gasteiger partial charge in [-0.1, -0.05) is 165 Å². The van der Waals surface area contributed by atoms with Gasteiger partial charge in [-0.2, -0.15) is 0 Å². The quantitative estimate of drug-likeness (QED) is 0.0196. The molecule has 0 aliphatic heterocycles. The number of phosphoric ester groups is 1. The minimum atomic E-state index is -4.64. The Balaban J connectivity index is 4.34. The highest BCUT2D eigenvalue weighted by Crippen LogP contribution is 2.38. The normalized spacial score (nSPS) is 13.9. The zero-order valence-corrected chi connectivity index (χ0v) is 40.3. The molecular formula is C50H92NO8P. The molecule has 0 saturated heterocycles. The van der Waals surface area contributed by atoms with Gasteiger partial charge in [-0.05, 0) is 77.0 Å². The first-order valence-electron chi connectivity index (χ1n) is 24.3. The van der Waals surface area contributed by atoms with Gasteiger partial charge in [0.25, 0.3) is 7.82 Å². The number of ether oxygens (including phenoxy) is 2. The van der Waals surface area contributed by atoms with Crippen molar-refractivity contribution in [2.24, 2.45) is 0 Å². The number of hydrogen-bond acceptors (Lipinski definition) is 8. The van der Waals surface area contributed by atoms with Crippen molar-refractivity contribution in [1.82, 2.24) is 0 Å². The second-order valence-corrected chi connectivity index (χ2v) is 18.9. The predicted octanol–water partition coefficient (Wildman–Crippen LogP) is 13.6. The number of carbonyl (C=O) groups excluding carboxylic acids is 2. The van der Waals surface area contributed by atoms with E-state index in [0.29, 0.717) is 17.4 Å². The summed E-state index contributed by atoms with van der Waals surface area (Å²) in [5.74, 6) is -0.863. The molecule has 0 aromatic rings. The van der Waals surface area contributed by atoms with E-state index in [2.05, 4.69) is 62.5 Å². The van der Waals surface area contributed by atoms with E-state index in [1.165, 1.54) is 103 Å². The van der Waals surface area contributed by atoms with Gasteiger partial charge in [0.15, 0.2) is 6.10 Å². The van der Waals surface area contributed by atoms with E-state index in [0.717, 1.165) is 70.6 Å². The fraction of sp³-hybridized carbons (Fsp3) is 0.800. The van der Waals surface area contributed by atoms with E-state index in [-0.39, 0.29) is 26.1 Å². The van der Waals surface area contributed by atoms with Crippen LogP contribution in [0, 0.1) is 0 Å². The summed E-state index contributed by atoms with van der Waals surface area (Å²) < 4.78 is 34.0. The van der Waals surface area contributed by atoms with Crippen LogP contribution in [0.3, 0.4) is 0 Å². The highest BCUT2D eigenvalue weighted by molar-refractivity contribution is 7.45. The lowest BCUT2D eigenvalue weighted by Gasteiger charge is -2.28. The van der Waals surface area contributed by atoms with E-state index >= 15 is 0 Å². The molecule has 2 atom stereocenters. The minimum Gasteiger partial charge on any atom is -0.756 e. The van der Waals surface area contributed by atoms with Crippen LogP contribution in [0.2, 0.25) is 0 Å². The number of likely N-dealkylation sites (N-methyl/N-ethyl adjacent to an activating group) is 1. The van der Waals surface area contributed by atoms with Crippen LogP contribution in [0.15, 0.2) is 48.6 Å². The van der Waals surface area contributed by atoms with Gasteiger partial charge >= 0.3 is 11.9 Å². The van der Waals surface area contributed by atoms with Crippen molar-refractivity contribution in [2.45, 2.75) is 213 Å². The lowest BCUT2D eigenvalue weighted by molar-refractivity contribution is -0.870. The number of carbonyl (C=O) groups is 2. The van der Waals surface area contributed by atoms with E-state index in [9.17, 15) is 19.0 Å². The van der Waals surface area contributed by atoms with Crippen molar-refractivity contribution < 1.29 is 42.1 Å². The molecule has 0 aromatic heterocycles. The van der Waals surface area contributed by atoms with Crippen LogP contribution < -0.4 is 4.89 Å². The third-order valence-electron chi connectivity index (χ3n) is 10.3. The summed E-state index contributed by atoms with van der Waals surface area (Å²) >= 11 is 0. The van der Waals surface area contributed by atoms with E-state index < -0.39 is 32.5 Å². The number of quaternary nitrogens is 1. The topological polar surface area (TPSA) is 111 Å². The molecule has 0 rings (SSSR count). The molecule has 10 heteroatoms. The van der Waals surface area contributed by atoms with Crippen molar-refractivity contribution in [1.29, 1.82) is 0 Å². The van der Waals surface area contributed by atoms with Gasteiger partial charge in [-0.25, -0.2) is 0 Å². The lowest BCUT2D eigenvalue weighted by atomic mass is 10.1. The van der Waals surface area contributed by atoms with Gasteiger partial charge < -0.3 is 27.9 Å². The van der Waals surface area contributed by atoms with Gasteiger partial charge in [0, 0.05) is 12.8 Å². The van der Waals surface area contributed by atoms with Gasteiger partial charge in [-0.3, -0.25) is 14.2 Å². The number of phosphoric acid groups is 1. The second kappa shape index (κ2) is 42.3. The Morgan fingerprint density at radius 2 is 0.900 bits per heavy atom. The van der Waals surface area contributed by atoms with Crippen LogP contribution in [-0.2, 0) is 32.7 Å². The molecule has 0 aromatic carbocycles. The van der Waals surface area contributed by atoms with Crippen molar-refractivity contribution in [3.63, 3.8) is 0 Å². The third-order valence-corrected chi connectivity index (χ3v) is 11.3. The summed E-state index contributed by atoms with van der Waals surface area (Å²) in [6.07, 6.45) is 49.9. The molecule has 0 amide bonds. The van der Waals surface area contributed by atoms with Gasteiger partial charge in [0.1, 0.15) is 19.8 Å². The Kier molecular flexibility index (Phi) is 40.8. The van der Waals surface area contributed by atoms with Crippen molar-refractivity contribution >= 4 is 19.8 Å². The molecule has 0 heterocycles. The van der Waals surface area contributed by atoms with Crippen LogP contribution in [0.1, 0.15) is 206 Å². The average molecular weight is 866 g/mol. The van der Waals surface area contributed by atoms with E-state index in [1.807, 2.05) is 21.1 Å². The SMILES string of the molecule is CCCCC/C=C\C/C=C\C/C=C\CCCCCCC(=O)O[C@H](COC(=O)CCCCCCCCC/C=C\CCCCCCCCCC)COP(=O)([O-])OCC[N+](C)(C)C. The monoisotopic (exact) mass is 866 g/mol. The fourth-order valence-corrected chi connectivity index (χ4v) is 7.21. The Morgan fingerprint density at radius 1 is 0.517 bits per heavy atom. The van der Waals surface area contributed by atoms with Crippen LogP contribution >= 0.6 is 7.82 Å². The summed E-state index contributed by atoms with van der Waals surface area (Å²) in [6.45, 7) is 4.18. The predicted molar refractivity (Wildman–Crippen MR) is 250 cm³/mol. The standard InChI is InChI=1S/C50H92NO8P/c1-6-8-10-12-14-16-18-20-22-24-25-27-28-30-32-34-36-38-40-42-49(52)56-46-48(47-58-60(54,55)57-45-44-51(3,4)5)59-50(53)43-41-39-37-35-33-31-29-26-23-21-19-17-15-13-11-9-7-2/h15,17,21,23-25,29,31,48H,6-14,16,18-20,22,26-28,30,32-47H2,1-5H3/b17-15-,23-21-,25-24-,31-29-/t48-/m1/s1. The molecule has 60 heavy (non-hydrogen) atoms. The summed E-state index contributed by atoms with van der Waals surface area (Å²) in [4.78, 5) is 37.6. The molecule has 9 nitrogen and oxygen atoms in total. The number of allylic oxidation sites excluding steroid dienone is 8. The number of nitrogens with zero attached hydrogens (tertiary/aromatic N) is 1. The maximum absolute atomic E-state index is 12.7. The van der Waals surface area contributed by atoms with Crippen molar-refractivity contribution in [3.05, 3.63) is 48.6 Å². The Hall–Kier alpha value is -2.03. The molecule has 0 radical (unpaired) electrons. The highest BCUT2D eigenvalue weighted by Gasteiger charge is 2.21. The van der Waals surface area contributed by atoms with E-state index in [4.69, 9.17) is 18.5 Å². The molecule has 0 spiro atoms. The number of esters is 2. The molecule has 0 aliphatic carbocycles. The fourth-order valence-electron chi connectivity index (χ4n) is 6.48. The average Bonchev–Trinajstić information content (AvgIpc) is 3.20. The van der Waals surface area contributed by atoms with Gasteiger partial charge in [-0.15, -0.1) is 0 Å². The lowest BCUT2D eigenvalue weighted by Crippen LogP contribution is -2.37. The summed E-state index contributed by atoms with van der Waals surface area (Å²) in [5.41, 5.74) is 0. The first kappa shape index (κ1) is 58.0. The van der Waals surface area contributed by atoms with Gasteiger partial charge in [0.05, 0.1) is 27.7 Å². The number of rotatable bonds is 44. The van der Waals surface area contributed by atoms with E-state index in [1.54, 1.807) is 0 Å². The zero-order valence-electron chi connectivity index (χ0n) is 39.4. The minimum absolute atomic E-state index is 0.0372. The molecule has 0 N–H and O–H groups in total. The number of unbranched alkanes of at least 4 members (excludes halogenated alkanes) is 22. The van der Waals surface area contributed by atoms with Crippen LogP contribution in [0.25, 0.3) is 0 Å². The van der Waals surface area contributed by atoms with Crippen LogP contribution in [0.5, 0.6) is 0 Å². The van der Waals surface area contributed by atoms with Crippen LogP contribution in [-0.4, -0.2) is 70.0 Å². The number of hydrogen-bond donors (Lipinski definition) is 0. The highest BCUT2D eigenvalue weighted by atomic mass is 31.2. The molecule has 1 unspecified atom stereocenters.